The molecule has 0 aromatic heterocycles. The van der Waals surface area contributed by atoms with Gasteiger partial charge in [-0.2, -0.15) is 0 Å². The largest absolute Gasteiger partial charge is 0.493 e. The highest BCUT2D eigenvalue weighted by Gasteiger charge is 2.06. The van der Waals surface area contributed by atoms with Crippen LogP contribution in [0.1, 0.15) is 39.5 Å². The minimum absolute atomic E-state index is 0.533. The molecule has 1 N–H and O–H groups in total. The van der Waals surface area contributed by atoms with Gasteiger partial charge in [0.15, 0.2) is 0 Å². The Morgan fingerprint density at radius 2 is 1.88 bits per heavy atom. The van der Waals surface area contributed by atoms with Crippen molar-refractivity contribution in [2.45, 2.75) is 39.5 Å². The summed E-state index contributed by atoms with van der Waals surface area (Å²) in [6.07, 6.45) is 4.97. The fourth-order valence-corrected chi connectivity index (χ4v) is 1.66. The van der Waals surface area contributed by atoms with Crippen molar-refractivity contribution in [3.63, 3.8) is 0 Å². The van der Waals surface area contributed by atoms with E-state index in [1.54, 1.807) is 12.1 Å². The molecule has 1 rings (SSSR count). The van der Waals surface area contributed by atoms with Crippen molar-refractivity contribution in [3.05, 3.63) is 24.3 Å². The third-order valence-corrected chi connectivity index (χ3v) is 2.88. The van der Waals surface area contributed by atoms with E-state index in [4.69, 9.17) is 10.5 Å². The molecule has 89 valence electrons. The first-order valence-corrected chi connectivity index (χ1v) is 6.20. The van der Waals surface area contributed by atoms with Gasteiger partial charge in [0.2, 0.25) is 0 Å². The number of rotatable bonds is 7. The summed E-state index contributed by atoms with van der Waals surface area (Å²) in [7, 11) is 0. The van der Waals surface area contributed by atoms with Crippen molar-refractivity contribution >= 4 is 5.69 Å². The molecule has 0 aliphatic heterocycles. The van der Waals surface area contributed by atoms with E-state index in [0.717, 1.165) is 12.4 Å². The Labute approximate surface area is 98.8 Å². The Morgan fingerprint density at radius 3 is 2.44 bits per heavy atom. The van der Waals surface area contributed by atoms with Gasteiger partial charge in [0, 0.05) is 0 Å². The molecule has 1 radical (unpaired) electrons. The molecular weight excluding hydrogens is 198 g/mol. The summed E-state index contributed by atoms with van der Waals surface area (Å²) in [5.41, 5.74) is 7.91. The van der Waals surface area contributed by atoms with Crippen LogP contribution >= 0.6 is 0 Å². The second-order valence-corrected chi connectivity index (χ2v) is 4.25. The summed E-state index contributed by atoms with van der Waals surface area (Å²) in [4.78, 5) is 0. The average Bonchev–Trinajstić information content (AvgIpc) is 2.32. The molecular formula is C14H22NO. The highest BCUT2D eigenvalue weighted by molar-refractivity contribution is 5.38. The monoisotopic (exact) mass is 220 g/mol. The Hall–Kier alpha value is -1.18. The highest BCUT2D eigenvalue weighted by atomic mass is 16.5. The molecule has 0 spiro atoms. The molecule has 0 amide bonds. The minimum atomic E-state index is 0.533. The summed E-state index contributed by atoms with van der Waals surface area (Å²) in [5.74, 6) is 1.54. The maximum Gasteiger partial charge on any atom is 0.119 e. The lowest BCUT2D eigenvalue weighted by Gasteiger charge is -2.15. The first-order valence-electron chi connectivity index (χ1n) is 6.20. The van der Waals surface area contributed by atoms with Crippen LogP contribution in [-0.4, -0.2) is 6.61 Å². The normalized spacial score (nSPS) is 12.4. The van der Waals surface area contributed by atoms with E-state index < -0.39 is 0 Å². The number of hydrogen-bond donors (Lipinski definition) is 0. The van der Waals surface area contributed by atoms with Gasteiger partial charge in [-0.15, -0.1) is 0 Å². The van der Waals surface area contributed by atoms with E-state index in [-0.39, 0.29) is 0 Å². The zero-order valence-electron chi connectivity index (χ0n) is 10.3. The van der Waals surface area contributed by atoms with Gasteiger partial charge in [0.1, 0.15) is 5.75 Å². The fourth-order valence-electron chi connectivity index (χ4n) is 1.66. The van der Waals surface area contributed by atoms with Gasteiger partial charge >= 0.3 is 0 Å². The summed E-state index contributed by atoms with van der Waals surface area (Å²) in [6.45, 7) is 5.24. The van der Waals surface area contributed by atoms with Gasteiger partial charge in [-0.05, 0) is 36.6 Å². The second kappa shape index (κ2) is 7.15. The predicted octanol–water partition coefficient (Wildman–Crippen LogP) is 4.20. The smallest absolute Gasteiger partial charge is 0.119 e. The highest BCUT2D eigenvalue weighted by Crippen LogP contribution is 2.18. The molecule has 0 saturated heterocycles. The Balaban J connectivity index is 2.34. The molecule has 0 aliphatic carbocycles. The lowest BCUT2D eigenvalue weighted by Crippen LogP contribution is -2.11. The van der Waals surface area contributed by atoms with E-state index in [2.05, 4.69) is 13.8 Å². The molecule has 1 aromatic rings. The van der Waals surface area contributed by atoms with E-state index >= 15 is 0 Å². The molecule has 2 nitrogen and oxygen atoms in total. The number of unbranched alkanes of at least 4 members (excludes halogenated alkanes) is 1. The van der Waals surface area contributed by atoms with Crippen molar-refractivity contribution in [2.75, 3.05) is 6.61 Å². The number of benzene rings is 1. The van der Waals surface area contributed by atoms with Crippen LogP contribution < -0.4 is 10.5 Å². The average molecular weight is 220 g/mol. The van der Waals surface area contributed by atoms with Crippen LogP contribution in [0.2, 0.25) is 0 Å². The van der Waals surface area contributed by atoms with Gasteiger partial charge in [0.25, 0.3) is 0 Å². The molecule has 0 bridgehead atoms. The zero-order valence-corrected chi connectivity index (χ0v) is 10.3. The summed E-state index contributed by atoms with van der Waals surface area (Å²) >= 11 is 0. The number of nitrogens with one attached hydrogen (secondary N) is 1. The van der Waals surface area contributed by atoms with Crippen molar-refractivity contribution in [2.24, 2.45) is 5.92 Å². The van der Waals surface area contributed by atoms with Crippen LogP contribution in [0.25, 0.3) is 0 Å². The molecule has 0 heterocycles. The Bertz CT molecular complexity index is 281. The third-order valence-electron chi connectivity index (χ3n) is 2.88. The topological polar surface area (TPSA) is 33.0 Å². The number of ether oxygens (including phenoxy) is 1. The Kier molecular flexibility index (Phi) is 5.76. The van der Waals surface area contributed by atoms with Crippen LogP contribution in [0.5, 0.6) is 5.75 Å². The predicted molar refractivity (Wildman–Crippen MR) is 68.0 cm³/mol. The maximum atomic E-state index is 7.38. The van der Waals surface area contributed by atoms with Gasteiger partial charge in [-0.1, -0.05) is 33.1 Å². The molecule has 0 aliphatic rings. The van der Waals surface area contributed by atoms with E-state index in [0.29, 0.717) is 11.6 Å². The van der Waals surface area contributed by atoms with Crippen LogP contribution in [0, 0.1) is 5.92 Å². The summed E-state index contributed by atoms with van der Waals surface area (Å²) in [6, 6.07) is 7.27. The zero-order chi connectivity index (χ0) is 11.8. The molecule has 1 unspecified atom stereocenters. The fraction of sp³-hybridized carbons (Fsp3) is 0.571. The van der Waals surface area contributed by atoms with Gasteiger partial charge < -0.3 is 10.5 Å². The van der Waals surface area contributed by atoms with Crippen molar-refractivity contribution in [1.29, 1.82) is 0 Å². The molecule has 0 fully saturated rings. The van der Waals surface area contributed by atoms with Crippen molar-refractivity contribution in [1.82, 2.24) is 5.73 Å². The second-order valence-electron chi connectivity index (χ2n) is 4.25. The molecule has 16 heavy (non-hydrogen) atoms. The minimum Gasteiger partial charge on any atom is -0.493 e. The molecule has 2 heteroatoms. The van der Waals surface area contributed by atoms with Crippen LogP contribution in [0.15, 0.2) is 24.3 Å². The third kappa shape index (κ3) is 4.56. The summed E-state index contributed by atoms with van der Waals surface area (Å²) < 4.78 is 5.73. The van der Waals surface area contributed by atoms with E-state index in [1.807, 2.05) is 12.1 Å². The standard InChI is InChI=1S/C14H22NO/c1-3-5-6-12(4-2)11-16-14-9-7-13(15)8-10-14/h7-10,12,15H,3-6,11H2,1-2H3. The van der Waals surface area contributed by atoms with Gasteiger partial charge in [-0.3, -0.25) is 0 Å². The van der Waals surface area contributed by atoms with E-state index in [9.17, 15) is 0 Å². The van der Waals surface area contributed by atoms with Crippen LogP contribution in [0.3, 0.4) is 0 Å². The van der Waals surface area contributed by atoms with Gasteiger partial charge in [0.05, 0.1) is 12.3 Å². The van der Waals surface area contributed by atoms with Crippen molar-refractivity contribution in [3.8, 4) is 5.75 Å². The summed E-state index contributed by atoms with van der Waals surface area (Å²) in [5, 5.41) is 0. The van der Waals surface area contributed by atoms with Gasteiger partial charge in [-0.25, -0.2) is 0 Å². The first kappa shape index (κ1) is 12.9. The SMILES string of the molecule is CCCCC(CC)COc1ccc([NH])cc1. The number of hydrogen-bond acceptors (Lipinski definition) is 1. The Morgan fingerprint density at radius 1 is 1.19 bits per heavy atom. The first-order chi connectivity index (χ1) is 7.76. The van der Waals surface area contributed by atoms with Crippen LogP contribution in [-0.2, 0) is 0 Å². The molecule has 1 atom stereocenters. The molecule has 1 aromatic carbocycles. The quantitative estimate of drug-likeness (QED) is 0.678. The lowest BCUT2D eigenvalue weighted by atomic mass is 10.0. The lowest BCUT2D eigenvalue weighted by molar-refractivity contribution is 0.233. The van der Waals surface area contributed by atoms with Crippen molar-refractivity contribution < 1.29 is 4.74 Å². The maximum absolute atomic E-state index is 7.38. The van der Waals surface area contributed by atoms with E-state index in [1.165, 1.54) is 25.7 Å². The molecule has 0 saturated carbocycles. The van der Waals surface area contributed by atoms with Crippen LogP contribution in [0.4, 0.5) is 5.69 Å².